The zero-order valence-electron chi connectivity index (χ0n) is 9.22. The van der Waals surface area contributed by atoms with Gasteiger partial charge in [0.15, 0.2) is 5.78 Å². The van der Waals surface area contributed by atoms with Crippen LogP contribution in [0.15, 0.2) is 24.3 Å². The predicted molar refractivity (Wildman–Crippen MR) is 59.9 cm³/mol. The minimum Gasteiger partial charge on any atom is -0.494 e. The van der Waals surface area contributed by atoms with E-state index in [0.29, 0.717) is 24.3 Å². The molecule has 1 fully saturated rings. The number of nitrogens with zero attached hydrogens (tertiary/aromatic N) is 1. The van der Waals surface area contributed by atoms with Crippen LogP contribution in [0.1, 0.15) is 19.3 Å². The Hall–Kier alpha value is -1.55. The molecule has 0 radical (unpaired) electrons. The molecule has 1 saturated carbocycles. The van der Waals surface area contributed by atoms with Crippen molar-refractivity contribution in [1.29, 1.82) is 0 Å². The largest absolute Gasteiger partial charge is 0.494 e. The SMILES string of the molecule is COc1ccccc1N(O)C1CCCC1=O. The number of benzene rings is 1. The summed E-state index contributed by atoms with van der Waals surface area (Å²) in [5, 5.41) is 11.1. The molecule has 0 spiro atoms. The number of methoxy groups -OCH3 is 1. The summed E-state index contributed by atoms with van der Waals surface area (Å²) < 4.78 is 5.15. The lowest BCUT2D eigenvalue weighted by Gasteiger charge is -2.24. The molecule has 0 saturated heterocycles. The second-order valence-corrected chi connectivity index (χ2v) is 3.89. The van der Waals surface area contributed by atoms with E-state index in [1.54, 1.807) is 25.3 Å². The molecule has 0 bridgehead atoms. The number of hydrogen-bond acceptors (Lipinski definition) is 4. The summed E-state index contributed by atoms with van der Waals surface area (Å²) in [6.07, 6.45) is 2.10. The number of ether oxygens (including phenoxy) is 1. The third kappa shape index (κ3) is 1.88. The lowest BCUT2D eigenvalue weighted by Crippen LogP contribution is -2.35. The first kappa shape index (κ1) is 11.0. The molecule has 1 unspecified atom stereocenters. The van der Waals surface area contributed by atoms with Gasteiger partial charge in [0.1, 0.15) is 17.5 Å². The van der Waals surface area contributed by atoms with Gasteiger partial charge in [-0.25, -0.2) is 5.06 Å². The van der Waals surface area contributed by atoms with Crippen LogP contribution in [0, 0.1) is 0 Å². The van der Waals surface area contributed by atoms with Crippen LogP contribution in [0.2, 0.25) is 0 Å². The maximum Gasteiger partial charge on any atom is 0.157 e. The number of rotatable bonds is 3. The summed E-state index contributed by atoms with van der Waals surface area (Å²) in [6, 6.07) is 6.71. The van der Waals surface area contributed by atoms with Gasteiger partial charge in [-0.3, -0.25) is 10.0 Å². The van der Waals surface area contributed by atoms with E-state index in [2.05, 4.69) is 0 Å². The van der Waals surface area contributed by atoms with Crippen LogP contribution in [0.25, 0.3) is 0 Å². The molecule has 1 aromatic rings. The summed E-state index contributed by atoms with van der Waals surface area (Å²) in [5.74, 6) is 0.665. The van der Waals surface area contributed by atoms with E-state index in [-0.39, 0.29) is 5.78 Å². The quantitative estimate of drug-likeness (QED) is 0.793. The van der Waals surface area contributed by atoms with Crippen LogP contribution in [0.3, 0.4) is 0 Å². The fourth-order valence-corrected chi connectivity index (χ4v) is 2.04. The lowest BCUT2D eigenvalue weighted by atomic mass is 10.2. The molecule has 0 aliphatic heterocycles. The molecule has 1 atom stereocenters. The van der Waals surface area contributed by atoms with E-state index < -0.39 is 6.04 Å². The van der Waals surface area contributed by atoms with Gasteiger partial charge in [0, 0.05) is 6.42 Å². The van der Waals surface area contributed by atoms with Crippen LogP contribution < -0.4 is 9.80 Å². The van der Waals surface area contributed by atoms with E-state index in [9.17, 15) is 10.0 Å². The highest BCUT2D eigenvalue weighted by atomic mass is 16.5. The Labute approximate surface area is 94.4 Å². The second-order valence-electron chi connectivity index (χ2n) is 3.89. The predicted octanol–water partition coefficient (Wildman–Crippen LogP) is 2.01. The molecule has 2 rings (SSSR count). The molecule has 4 nitrogen and oxygen atoms in total. The van der Waals surface area contributed by atoms with E-state index in [0.717, 1.165) is 11.5 Å². The molecule has 16 heavy (non-hydrogen) atoms. The zero-order chi connectivity index (χ0) is 11.5. The fourth-order valence-electron chi connectivity index (χ4n) is 2.04. The molecule has 86 valence electrons. The number of anilines is 1. The number of hydroxylamine groups is 1. The monoisotopic (exact) mass is 221 g/mol. The topological polar surface area (TPSA) is 49.8 Å². The van der Waals surface area contributed by atoms with E-state index in [1.807, 2.05) is 6.07 Å². The highest BCUT2D eigenvalue weighted by Gasteiger charge is 2.31. The first-order valence-corrected chi connectivity index (χ1v) is 5.38. The minimum atomic E-state index is -0.420. The molecule has 1 aliphatic carbocycles. The van der Waals surface area contributed by atoms with Crippen LogP contribution in [0.4, 0.5) is 5.69 Å². The van der Waals surface area contributed by atoms with E-state index in [1.165, 1.54) is 0 Å². The number of para-hydroxylation sites is 2. The number of carbonyl (C=O) groups is 1. The third-order valence-electron chi connectivity index (χ3n) is 2.90. The average molecular weight is 221 g/mol. The van der Waals surface area contributed by atoms with Gasteiger partial charge in [0.2, 0.25) is 0 Å². The van der Waals surface area contributed by atoms with Gasteiger partial charge in [-0.2, -0.15) is 0 Å². The average Bonchev–Trinajstić information content (AvgIpc) is 2.74. The van der Waals surface area contributed by atoms with Crippen molar-refractivity contribution in [2.45, 2.75) is 25.3 Å². The van der Waals surface area contributed by atoms with Crippen molar-refractivity contribution < 1.29 is 14.7 Å². The molecular weight excluding hydrogens is 206 g/mol. The van der Waals surface area contributed by atoms with Gasteiger partial charge in [-0.15, -0.1) is 0 Å². The molecule has 1 aliphatic rings. The van der Waals surface area contributed by atoms with Crippen LogP contribution in [-0.4, -0.2) is 24.1 Å². The Bertz CT molecular complexity index is 392. The van der Waals surface area contributed by atoms with Crippen LogP contribution in [-0.2, 0) is 4.79 Å². The minimum absolute atomic E-state index is 0.0911. The molecule has 4 heteroatoms. The van der Waals surface area contributed by atoms with Crippen LogP contribution >= 0.6 is 0 Å². The van der Waals surface area contributed by atoms with Crippen LogP contribution in [0.5, 0.6) is 5.75 Å². The van der Waals surface area contributed by atoms with E-state index in [4.69, 9.17) is 4.74 Å². The Balaban J connectivity index is 2.26. The number of ketones is 1. The van der Waals surface area contributed by atoms with Gasteiger partial charge in [-0.1, -0.05) is 12.1 Å². The summed E-state index contributed by atoms with van der Waals surface area (Å²) in [7, 11) is 1.54. The van der Waals surface area contributed by atoms with Crippen molar-refractivity contribution in [3.63, 3.8) is 0 Å². The normalized spacial score (nSPS) is 19.9. The van der Waals surface area contributed by atoms with Crippen molar-refractivity contribution in [3.05, 3.63) is 24.3 Å². The number of Topliss-reactive ketones (excluding diaryl/α,β-unsaturated/α-hetero) is 1. The molecule has 1 N–H and O–H groups in total. The zero-order valence-corrected chi connectivity index (χ0v) is 9.22. The third-order valence-corrected chi connectivity index (χ3v) is 2.90. The highest BCUT2D eigenvalue weighted by molar-refractivity contribution is 5.89. The van der Waals surface area contributed by atoms with Crippen molar-refractivity contribution in [2.75, 3.05) is 12.2 Å². The molecular formula is C12H15NO3. The summed E-state index contributed by atoms with van der Waals surface area (Å²) >= 11 is 0. The molecule has 0 amide bonds. The van der Waals surface area contributed by atoms with Crippen molar-refractivity contribution in [3.8, 4) is 5.75 Å². The van der Waals surface area contributed by atoms with Crippen molar-refractivity contribution >= 4 is 11.5 Å². The van der Waals surface area contributed by atoms with Crippen molar-refractivity contribution in [1.82, 2.24) is 0 Å². The Morgan fingerprint density at radius 3 is 2.81 bits per heavy atom. The fraction of sp³-hybridized carbons (Fsp3) is 0.417. The summed E-state index contributed by atoms with van der Waals surface area (Å²) in [4.78, 5) is 11.5. The maximum atomic E-state index is 11.5. The van der Waals surface area contributed by atoms with Gasteiger partial charge in [-0.05, 0) is 25.0 Å². The van der Waals surface area contributed by atoms with Gasteiger partial charge >= 0.3 is 0 Å². The first-order chi connectivity index (χ1) is 7.74. The maximum absolute atomic E-state index is 11.5. The molecule has 1 aromatic carbocycles. The van der Waals surface area contributed by atoms with Crippen molar-refractivity contribution in [2.24, 2.45) is 0 Å². The van der Waals surface area contributed by atoms with Gasteiger partial charge in [0.25, 0.3) is 0 Å². The highest BCUT2D eigenvalue weighted by Crippen LogP contribution is 2.31. The Kier molecular flexibility index (Phi) is 3.10. The summed E-state index contributed by atoms with van der Waals surface area (Å²) in [6.45, 7) is 0. The standard InChI is InChI=1S/C12H15NO3/c1-16-12-8-3-2-5-10(12)13(15)9-6-4-7-11(9)14/h2-3,5,8-9,15H,4,6-7H2,1H3. The smallest absolute Gasteiger partial charge is 0.157 e. The molecule has 0 heterocycles. The Morgan fingerprint density at radius 2 is 2.19 bits per heavy atom. The second kappa shape index (κ2) is 4.53. The van der Waals surface area contributed by atoms with E-state index >= 15 is 0 Å². The van der Waals surface area contributed by atoms with Gasteiger partial charge in [0.05, 0.1) is 7.11 Å². The molecule has 0 aromatic heterocycles. The first-order valence-electron chi connectivity index (χ1n) is 5.38. The summed E-state index contributed by atoms with van der Waals surface area (Å²) in [5.41, 5.74) is 0.547. The number of hydrogen-bond donors (Lipinski definition) is 1. The number of carbonyl (C=O) groups excluding carboxylic acids is 1. The van der Waals surface area contributed by atoms with Gasteiger partial charge < -0.3 is 4.74 Å². The Morgan fingerprint density at radius 1 is 1.44 bits per heavy atom. The lowest BCUT2D eigenvalue weighted by molar-refractivity contribution is -0.119.